The van der Waals surface area contributed by atoms with Gasteiger partial charge in [-0.1, -0.05) is 0 Å². The number of nitriles is 1. The summed E-state index contributed by atoms with van der Waals surface area (Å²) in [5.41, 5.74) is 5.13. The van der Waals surface area contributed by atoms with E-state index >= 15 is 0 Å². The van der Waals surface area contributed by atoms with E-state index in [-0.39, 0.29) is 17.9 Å². The molecule has 0 bridgehead atoms. The standard InChI is InChI=1S/C9H9F2N3O/c1-15-8-5(2-3-12)4-14-7(6(8)13)9(10)11/h4,9H,2,13H2,1H3. The van der Waals surface area contributed by atoms with Gasteiger partial charge in [-0.05, 0) is 0 Å². The molecule has 0 atom stereocenters. The summed E-state index contributed by atoms with van der Waals surface area (Å²) >= 11 is 0. The third kappa shape index (κ3) is 2.13. The van der Waals surface area contributed by atoms with Crippen molar-refractivity contribution in [2.45, 2.75) is 12.8 Å². The second kappa shape index (κ2) is 4.55. The number of anilines is 1. The topological polar surface area (TPSA) is 71.9 Å². The van der Waals surface area contributed by atoms with Crippen molar-refractivity contribution in [3.05, 3.63) is 17.5 Å². The van der Waals surface area contributed by atoms with E-state index in [1.54, 1.807) is 0 Å². The number of nitrogen functional groups attached to an aromatic ring is 1. The maximum atomic E-state index is 12.4. The first-order valence-corrected chi connectivity index (χ1v) is 4.08. The zero-order valence-electron chi connectivity index (χ0n) is 8.00. The third-order valence-electron chi connectivity index (χ3n) is 1.85. The molecule has 0 spiro atoms. The van der Waals surface area contributed by atoms with Crippen molar-refractivity contribution in [1.29, 1.82) is 5.26 Å². The molecule has 1 heterocycles. The molecule has 1 aromatic rings. The minimum absolute atomic E-state index is 0.0177. The van der Waals surface area contributed by atoms with Crippen molar-refractivity contribution in [2.24, 2.45) is 0 Å². The Morgan fingerprint density at radius 1 is 1.67 bits per heavy atom. The Hall–Kier alpha value is -1.90. The highest BCUT2D eigenvalue weighted by Crippen LogP contribution is 2.33. The van der Waals surface area contributed by atoms with E-state index in [1.165, 1.54) is 13.3 Å². The van der Waals surface area contributed by atoms with Gasteiger partial charge in [0.2, 0.25) is 0 Å². The van der Waals surface area contributed by atoms with Crippen LogP contribution in [0.5, 0.6) is 5.75 Å². The van der Waals surface area contributed by atoms with Gasteiger partial charge in [0, 0.05) is 11.8 Å². The maximum absolute atomic E-state index is 12.4. The van der Waals surface area contributed by atoms with Crippen LogP contribution in [-0.2, 0) is 6.42 Å². The predicted molar refractivity (Wildman–Crippen MR) is 49.5 cm³/mol. The van der Waals surface area contributed by atoms with Crippen LogP contribution in [0.4, 0.5) is 14.5 Å². The summed E-state index contributed by atoms with van der Waals surface area (Å²) in [5, 5.41) is 8.49. The number of aromatic nitrogens is 1. The molecule has 1 aromatic heterocycles. The molecule has 0 amide bonds. The van der Waals surface area contributed by atoms with Crippen molar-refractivity contribution in [3.63, 3.8) is 0 Å². The van der Waals surface area contributed by atoms with Gasteiger partial charge in [0.15, 0.2) is 0 Å². The SMILES string of the molecule is COc1c(CC#N)cnc(C(F)F)c1N. The van der Waals surface area contributed by atoms with Crippen LogP contribution in [0.2, 0.25) is 0 Å². The minimum atomic E-state index is -2.75. The minimum Gasteiger partial charge on any atom is -0.494 e. The number of nitrogens with zero attached hydrogens (tertiary/aromatic N) is 2. The maximum Gasteiger partial charge on any atom is 0.282 e. The first-order valence-electron chi connectivity index (χ1n) is 4.08. The summed E-state index contributed by atoms with van der Waals surface area (Å²) in [6.07, 6.45) is -1.56. The van der Waals surface area contributed by atoms with Gasteiger partial charge in [-0.25, -0.2) is 8.78 Å². The van der Waals surface area contributed by atoms with Gasteiger partial charge in [0.25, 0.3) is 6.43 Å². The zero-order chi connectivity index (χ0) is 11.4. The average molecular weight is 213 g/mol. The van der Waals surface area contributed by atoms with Crippen LogP contribution in [0, 0.1) is 11.3 Å². The Kier molecular flexibility index (Phi) is 3.39. The zero-order valence-corrected chi connectivity index (χ0v) is 8.00. The predicted octanol–water partition coefficient (Wildman–Crippen LogP) is 1.68. The summed E-state index contributed by atoms with van der Waals surface area (Å²) < 4.78 is 29.7. The van der Waals surface area contributed by atoms with E-state index in [0.717, 1.165) is 0 Å². The highest BCUT2D eigenvalue weighted by atomic mass is 19.3. The molecule has 80 valence electrons. The number of rotatable bonds is 3. The number of ether oxygens (including phenoxy) is 1. The molecule has 0 aliphatic rings. The van der Waals surface area contributed by atoms with Gasteiger partial charge in [-0.3, -0.25) is 4.98 Å². The van der Waals surface area contributed by atoms with Crippen LogP contribution in [-0.4, -0.2) is 12.1 Å². The molecule has 0 unspecified atom stereocenters. The fraction of sp³-hybridized carbons (Fsp3) is 0.333. The Morgan fingerprint density at radius 2 is 2.33 bits per heavy atom. The lowest BCUT2D eigenvalue weighted by atomic mass is 10.1. The molecule has 0 aromatic carbocycles. The molecule has 15 heavy (non-hydrogen) atoms. The third-order valence-corrected chi connectivity index (χ3v) is 1.85. The lowest BCUT2D eigenvalue weighted by molar-refractivity contribution is 0.146. The summed E-state index contributed by atoms with van der Waals surface area (Å²) in [5.74, 6) is 0.0989. The van der Waals surface area contributed by atoms with Crippen LogP contribution in [0.15, 0.2) is 6.20 Å². The van der Waals surface area contributed by atoms with Gasteiger partial charge < -0.3 is 10.5 Å². The largest absolute Gasteiger partial charge is 0.494 e. The van der Waals surface area contributed by atoms with Crippen molar-refractivity contribution in [2.75, 3.05) is 12.8 Å². The highest BCUT2D eigenvalue weighted by molar-refractivity contribution is 5.60. The van der Waals surface area contributed by atoms with E-state index < -0.39 is 12.1 Å². The number of pyridine rings is 1. The molecule has 6 heteroatoms. The van der Waals surface area contributed by atoms with Gasteiger partial charge in [-0.2, -0.15) is 5.26 Å². The van der Waals surface area contributed by atoms with Crippen molar-refractivity contribution in [3.8, 4) is 11.8 Å². The van der Waals surface area contributed by atoms with Crippen molar-refractivity contribution >= 4 is 5.69 Å². The summed E-state index contributed by atoms with van der Waals surface area (Å²) in [4.78, 5) is 3.50. The summed E-state index contributed by atoms with van der Waals surface area (Å²) in [7, 11) is 1.31. The first kappa shape index (κ1) is 11.2. The summed E-state index contributed by atoms with van der Waals surface area (Å²) in [6, 6.07) is 1.87. The first-order chi connectivity index (χ1) is 7.11. The van der Waals surface area contributed by atoms with E-state index in [1.807, 2.05) is 6.07 Å². The van der Waals surface area contributed by atoms with Crippen LogP contribution < -0.4 is 10.5 Å². The van der Waals surface area contributed by atoms with E-state index in [4.69, 9.17) is 15.7 Å². The second-order valence-electron chi connectivity index (χ2n) is 2.75. The summed E-state index contributed by atoms with van der Waals surface area (Å²) in [6.45, 7) is 0. The number of halogens is 2. The number of methoxy groups -OCH3 is 1. The number of hydrogen-bond donors (Lipinski definition) is 1. The molecule has 1 rings (SSSR count). The van der Waals surface area contributed by atoms with Crippen LogP contribution >= 0.6 is 0 Å². The van der Waals surface area contributed by atoms with Crippen LogP contribution in [0.25, 0.3) is 0 Å². The molecular weight excluding hydrogens is 204 g/mol. The highest BCUT2D eigenvalue weighted by Gasteiger charge is 2.19. The van der Waals surface area contributed by atoms with Crippen LogP contribution in [0.1, 0.15) is 17.7 Å². The van der Waals surface area contributed by atoms with Gasteiger partial charge in [-0.15, -0.1) is 0 Å². The molecule has 0 aliphatic carbocycles. The molecule has 4 nitrogen and oxygen atoms in total. The molecule has 0 radical (unpaired) electrons. The molecular formula is C9H9F2N3O. The molecule has 2 N–H and O–H groups in total. The van der Waals surface area contributed by atoms with E-state index in [0.29, 0.717) is 5.56 Å². The van der Waals surface area contributed by atoms with Crippen molar-refractivity contribution in [1.82, 2.24) is 4.98 Å². The number of alkyl halides is 2. The lowest BCUT2D eigenvalue weighted by Gasteiger charge is -2.11. The second-order valence-corrected chi connectivity index (χ2v) is 2.75. The van der Waals surface area contributed by atoms with Gasteiger partial charge >= 0.3 is 0 Å². The van der Waals surface area contributed by atoms with Gasteiger partial charge in [0.1, 0.15) is 17.1 Å². The molecule has 0 aliphatic heterocycles. The van der Waals surface area contributed by atoms with E-state index in [9.17, 15) is 8.78 Å². The lowest BCUT2D eigenvalue weighted by Crippen LogP contribution is -2.04. The average Bonchev–Trinajstić information content (AvgIpc) is 2.18. The Balaban J connectivity index is 3.27. The molecule has 0 fully saturated rings. The fourth-order valence-corrected chi connectivity index (χ4v) is 1.19. The van der Waals surface area contributed by atoms with Gasteiger partial charge in [0.05, 0.1) is 19.6 Å². The van der Waals surface area contributed by atoms with Crippen molar-refractivity contribution < 1.29 is 13.5 Å². The monoisotopic (exact) mass is 213 g/mol. The Bertz CT molecular complexity index is 401. The molecule has 0 saturated heterocycles. The number of nitrogens with two attached hydrogens (primary N) is 1. The fourth-order valence-electron chi connectivity index (χ4n) is 1.19. The molecule has 0 saturated carbocycles. The number of hydrogen-bond acceptors (Lipinski definition) is 4. The Labute approximate surface area is 85.3 Å². The van der Waals surface area contributed by atoms with E-state index in [2.05, 4.69) is 4.98 Å². The van der Waals surface area contributed by atoms with Crippen LogP contribution in [0.3, 0.4) is 0 Å². The Morgan fingerprint density at radius 3 is 2.80 bits per heavy atom. The normalized spacial score (nSPS) is 10.1. The smallest absolute Gasteiger partial charge is 0.282 e. The quantitative estimate of drug-likeness (QED) is 0.828.